The van der Waals surface area contributed by atoms with Crippen molar-refractivity contribution in [1.82, 2.24) is 4.98 Å². The zero-order valence-electron chi connectivity index (χ0n) is 9.37. The van der Waals surface area contributed by atoms with Gasteiger partial charge in [0.1, 0.15) is 6.26 Å². The number of aliphatic hydroxyl groups is 1. The highest BCUT2D eigenvalue weighted by Gasteiger charge is 2.17. The molecule has 1 aromatic rings. The Kier molecular flexibility index (Phi) is 3.32. The molecule has 1 atom stereocenters. The molecule has 0 aliphatic heterocycles. The van der Waals surface area contributed by atoms with Crippen LogP contribution in [0.1, 0.15) is 45.2 Å². The molecule has 1 N–H and O–H groups in total. The van der Waals surface area contributed by atoms with Crippen LogP contribution < -0.4 is 0 Å². The van der Waals surface area contributed by atoms with Gasteiger partial charge in [-0.2, -0.15) is 0 Å². The summed E-state index contributed by atoms with van der Waals surface area (Å²) in [6.45, 7) is 8.48. The van der Waals surface area contributed by atoms with Crippen molar-refractivity contribution in [2.45, 2.75) is 40.0 Å². The van der Waals surface area contributed by atoms with Crippen LogP contribution in [-0.2, 0) is 6.42 Å². The number of oxazole rings is 1. The molecule has 0 aromatic carbocycles. The Morgan fingerprint density at radius 2 is 2.14 bits per heavy atom. The van der Waals surface area contributed by atoms with Crippen LogP contribution in [0.3, 0.4) is 0 Å². The summed E-state index contributed by atoms with van der Waals surface area (Å²) in [5.41, 5.74) is 1.02. The van der Waals surface area contributed by atoms with E-state index in [-0.39, 0.29) is 17.9 Å². The van der Waals surface area contributed by atoms with Gasteiger partial charge in [-0.05, 0) is 5.41 Å². The Hall–Kier alpha value is -0.830. The molecule has 0 fully saturated rings. The largest absolute Gasteiger partial charge is 0.449 e. The Morgan fingerprint density at radius 1 is 1.50 bits per heavy atom. The zero-order chi connectivity index (χ0) is 10.8. The van der Waals surface area contributed by atoms with Crippen molar-refractivity contribution < 1.29 is 9.52 Å². The summed E-state index contributed by atoms with van der Waals surface area (Å²) in [6.07, 6.45) is 2.47. The standard InChI is InChI=1S/C11H19NO2/c1-8(6-13)9-7-14-10(12-9)5-11(2,3)4/h7-8,13H,5-6H2,1-4H3. The normalized spacial score (nSPS) is 14.4. The van der Waals surface area contributed by atoms with Gasteiger partial charge in [0.15, 0.2) is 5.89 Å². The summed E-state index contributed by atoms with van der Waals surface area (Å²) in [7, 11) is 0. The average Bonchev–Trinajstić information content (AvgIpc) is 2.48. The molecular weight excluding hydrogens is 178 g/mol. The molecule has 0 amide bonds. The number of hydrogen-bond acceptors (Lipinski definition) is 3. The number of aromatic nitrogens is 1. The molecule has 1 unspecified atom stereocenters. The minimum absolute atomic E-state index is 0.0625. The molecule has 0 saturated carbocycles. The summed E-state index contributed by atoms with van der Waals surface area (Å²) < 4.78 is 5.34. The van der Waals surface area contributed by atoms with E-state index >= 15 is 0 Å². The fraction of sp³-hybridized carbons (Fsp3) is 0.727. The molecule has 0 radical (unpaired) electrons. The summed E-state index contributed by atoms with van der Waals surface area (Å²) in [5, 5.41) is 8.95. The lowest BCUT2D eigenvalue weighted by Gasteiger charge is -2.14. The Bertz CT molecular complexity index is 286. The van der Waals surface area contributed by atoms with Gasteiger partial charge in [0.05, 0.1) is 12.3 Å². The molecule has 0 bridgehead atoms. The predicted molar refractivity (Wildman–Crippen MR) is 55.2 cm³/mol. The lowest BCUT2D eigenvalue weighted by atomic mass is 9.92. The van der Waals surface area contributed by atoms with Gasteiger partial charge in [-0.1, -0.05) is 27.7 Å². The summed E-state index contributed by atoms with van der Waals surface area (Å²) in [5.74, 6) is 0.820. The van der Waals surface area contributed by atoms with Crippen LogP contribution in [0, 0.1) is 5.41 Å². The predicted octanol–water partition coefficient (Wildman–Crippen LogP) is 2.36. The maximum atomic E-state index is 8.95. The smallest absolute Gasteiger partial charge is 0.194 e. The molecule has 80 valence electrons. The fourth-order valence-electron chi connectivity index (χ4n) is 1.18. The van der Waals surface area contributed by atoms with Gasteiger partial charge in [0, 0.05) is 12.3 Å². The van der Waals surface area contributed by atoms with Crippen LogP contribution in [0.2, 0.25) is 0 Å². The molecule has 14 heavy (non-hydrogen) atoms. The van der Waals surface area contributed by atoms with Crippen molar-refractivity contribution in [2.75, 3.05) is 6.61 Å². The minimum atomic E-state index is 0.0625. The summed E-state index contributed by atoms with van der Waals surface area (Å²) in [6, 6.07) is 0. The first-order valence-electron chi connectivity index (χ1n) is 4.97. The maximum absolute atomic E-state index is 8.95. The molecule has 0 aliphatic carbocycles. The van der Waals surface area contributed by atoms with Crippen molar-refractivity contribution in [1.29, 1.82) is 0 Å². The van der Waals surface area contributed by atoms with Crippen LogP contribution in [0.5, 0.6) is 0 Å². The van der Waals surface area contributed by atoms with E-state index in [0.29, 0.717) is 0 Å². The van der Waals surface area contributed by atoms with Gasteiger partial charge in [0.25, 0.3) is 0 Å². The van der Waals surface area contributed by atoms with Crippen LogP contribution in [-0.4, -0.2) is 16.7 Å². The third-order valence-electron chi connectivity index (χ3n) is 2.03. The van der Waals surface area contributed by atoms with Crippen LogP contribution in [0.25, 0.3) is 0 Å². The Labute approximate surface area is 85.2 Å². The molecule has 1 rings (SSSR count). The van der Waals surface area contributed by atoms with Crippen LogP contribution >= 0.6 is 0 Å². The molecular formula is C11H19NO2. The third kappa shape index (κ3) is 3.14. The van der Waals surface area contributed by atoms with Crippen molar-refractivity contribution >= 4 is 0 Å². The minimum Gasteiger partial charge on any atom is -0.449 e. The first-order valence-corrected chi connectivity index (χ1v) is 4.97. The lowest BCUT2D eigenvalue weighted by molar-refractivity contribution is 0.271. The number of nitrogens with zero attached hydrogens (tertiary/aromatic N) is 1. The molecule has 0 saturated heterocycles. The topological polar surface area (TPSA) is 46.3 Å². The van der Waals surface area contributed by atoms with Crippen molar-refractivity contribution in [3.63, 3.8) is 0 Å². The van der Waals surface area contributed by atoms with Gasteiger partial charge < -0.3 is 9.52 Å². The van der Waals surface area contributed by atoms with Gasteiger partial charge in [-0.3, -0.25) is 0 Å². The van der Waals surface area contributed by atoms with E-state index in [1.165, 1.54) is 0 Å². The van der Waals surface area contributed by atoms with Gasteiger partial charge >= 0.3 is 0 Å². The summed E-state index contributed by atoms with van der Waals surface area (Å²) in [4.78, 5) is 4.34. The monoisotopic (exact) mass is 197 g/mol. The van der Waals surface area contributed by atoms with E-state index < -0.39 is 0 Å². The van der Waals surface area contributed by atoms with E-state index in [2.05, 4.69) is 25.8 Å². The second-order valence-corrected chi connectivity index (χ2v) is 4.99. The van der Waals surface area contributed by atoms with Crippen LogP contribution in [0.15, 0.2) is 10.7 Å². The first kappa shape index (κ1) is 11.2. The number of aliphatic hydroxyl groups excluding tert-OH is 1. The lowest BCUT2D eigenvalue weighted by Crippen LogP contribution is -2.09. The molecule has 3 nitrogen and oxygen atoms in total. The van der Waals surface area contributed by atoms with Gasteiger partial charge in [-0.25, -0.2) is 4.98 Å². The third-order valence-corrected chi connectivity index (χ3v) is 2.03. The van der Waals surface area contributed by atoms with E-state index in [0.717, 1.165) is 18.0 Å². The van der Waals surface area contributed by atoms with E-state index in [1.54, 1.807) is 6.26 Å². The van der Waals surface area contributed by atoms with Crippen molar-refractivity contribution in [2.24, 2.45) is 5.41 Å². The molecule has 1 aromatic heterocycles. The summed E-state index contributed by atoms with van der Waals surface area (Å²) >= 11 is 0. The van der Waals surface area contributed by atoms with Crippen molar-refractivity contribution in [3.8, 4) is 0 Å². The van der Waals surface area contributed by atoms with Crippen molar-refractivity contribution in [3.05, 3.63) is 17.8 Å². The molecule has 0 spiro atoms. The highest BCUT2D eigenvalue weighted by molar-refractivity contribution is 5.03. The Morgan fingerprint density at radius 3 is 2.64 bits per heavy atom. The molecule has 1 heterocycles. The van der Waals surface area contributed by atoms with E-state index in [9.17, 15) is 0 Å². The van der Waals surface area contributed by atoms with Crippen LogP contribution in [0.4, 0.5) is 0 Å². The van der Waals surface area contributed by atoms with E-state index in [1.807, 2.05) is 6.92 Å². The molecule has 3 heteroatoms. The maximum Gasteiger partial charge on any atom is 0.194 e. The second-order valence-electron chi connectivity index (χ2n) is 4.99. The second kappa shape index (κ2) is 4.13. The SMILES string of the molecule is CC(CO)c1coc(CC(C)(C)C)n1. The highest BCUT2D eigenvalue weighted by Crippen LogP contribution is 2.21. The molecule has 0 aliphatic rings. The zero-order valence-corrected chi connectivity index (χ0v) is 9.37. The highest BCUT2D eigenvalue weighted by atomic mass is 16.3. The fourth-order valence-corrected chi connectivity index (χ4v) is 1.18. The Balaban J connectivity index is 2.69. The number of rotatable bonds is 3. The van der Waals surface area contributed by atoms with Gasteiger partial charge in [0.2, 0.25) is 0 Å². The first-order chi connectivity index (χ1) is 6.42. The number of hydrogen-bond donors (Lipinski definition) is 1. The quantitative estimate of drug-likeness (QED) is 0.809. The van der Waals surface area contributed by atoms with E-state index in [4.69, 9.17) is 9.52 Å². The average molecular weight is 197 g/mol. The van der Waals surface area contributed by atoms with Gasteiger partial charge in [-0.15, -0.1) is 0 Å².